The average Bonchev–Trinajstić information content (AvgIpc) is 3.06. The second-order valence-corrected chi connectivity index (χ2v) is 7.30. The van der Waals surface area contributed by atoms with Crippen LogP contribution in [0.4, 0.5) is 5.69 Å². The van der Waals surface area contributed by atoms with Gasteiger partial charge in [0.25, 0.3) is 0 Å². The van der Waals surface area contributed by atoms with Crippen molar-refractivity contribution < 1.29 is 4.74 Å². The molecule has 3 aromatic heterocycles. The molecule has 0 radical (unpaired) electrons. The van der Waals surface area contributed by atoms with Crippen LogP contribution in [-0.2, 0) is 6.42 Å². The van der Waals surface area contributed by atoms with Crippen molar-refractivity contribution in [1.82, 2.24) is 15.0 Å². The van der Waals surface area contributed by atoms with Crippen LogP contribution in [0.1, 0.15) is 36.4 Å². The molecule has 1 atom stereocenters. The Morgan fingerprint density at radius 1 is 1.33 bits per heavy atom. The third kappa shape index (κ3) is 4.93. The van der Waals surface area contributed by atoms with Gasteiger partial charge in [0, 0.05) is 29.7 Å². The Morgan fingerprint density at radius 3 is 2.87 bits per heavy atom. The van der Waals surface area contributed by atoms with E-state index in [1.54, 1.807) is 25.4 Å². The van der Waals surface area contributed by atoms with E-state index in [9.17, 15) is 0 Å². The van der Waals surface area contributed by atoms with Crippen LogP contribution >= 0.6 is 0 Å². The Morgan fingerprint density at radius 2 is 2.13 bits per heavy atom. The quantitative estimate of drug-likeness (QED) is 0.425. The maximum atomic E-state index is 7.82. The zero-order valence-corrected chi connectivity index (χ0v) is 17.6. The number of nitrogens with zero attached hydrogens (tertiary/aromatic N) is 2. The number of aromatic nitrogens is 3. The van der Waals surface area contributed by atoms with Gasteiger partial charge in [-0.1, -0.05) is 6.08 Å². The highest BCUT2D eigenvalue weighted by molar-refractivity contribution is 5.99. The van der Waals surface area contributed by atoms with Gasteiger partial charge in [-0.15, -0.1) is 0 Å². The number of pyridine rings is 2. The standard InChI is InChI=1S/C23H28N6O/c1-4-5-21-14(2)16(11-28-21)8-18(25)13-30-19-9-17(10-27-12-19)22-7-6-20(26)23(29-22)15(3)24/h4-7,9-12,18,24,28H,8,13,25-26H2,1-3H3/b5-4-,24-15?. The van der Waals surface area contributed by atoms with Crippen LogP contribution in [-0.4, -0.2) is 33.3 Å². The van der Waals surface area contributed by atoms with Gasteiger partial charge in [0.05, 0.1) is 23.3 Å². The van der Waals surface area contributed by atoms with Crippen molar-refractivity contribution in [2.45, 2.75) is 33.2 Å². The molecule has 3 heterocycles. The number of hydrogen-bond donors (Lipinski definition) is 4. The van der Waals surface area contributed by atoms with E-state index in [1.165, 1.54) is 11.1 Å². The Labute approximate surface area is 176 Å². The molecule has 7 nitrogen and oxygen atoms in total. The molecule has 0 amide bonds. The van der Waals surface area contributed by atoms with E-state index in [2.05, 4.69) is 28.0 Å². The lowest BCUT2D eigenvalue weighted by Crippen LogP contribution is -2.30. The molecule has 3 aromatic rings. The van der Waals surface area contributed by atoms with Crippen molar-refractivity contribution in [2.24, 2.45) is 5.73 Å². The summed E-state index contributed by atoms with van der Waals surface area (Å²) in [6.45, 7) is 6.12. The van der Waals surface area contributed by atoms with Crippen LogP contribution in [0.2, 0.25) is 0 Å². The highest BCUT2D eigenvalue weighted by Gasteiger charge is 2.12. The molecule has 0 fully saturated rings. The number of nitrogen functional groups attached to an aromatic ring is 1. The van der Waals surface area contributed by atoms with Crippen LogP contribution in [0.15, 0.2) is 42.9 Å². The number of ether oxygens (including phenoxy) is 1. The normalized spacial score (nSPS) is 12.3. The van der Waals surface area contributed by atoms with Gasteiger partial charge < -0.3 is 26.6 Å². The van der Waals surface area contributed by atoms with Gasteiger partial charge in [-0.2, -0.15) is 0 Å². The lowest BCUT2D eigenvalue weighted by atomic mass is 10.1. The van der Waals surface area contributed by atoms with Crippen molar-refractivity contribution >= 4 is 17.5 Å². The maximum absolute atomic E-state index is 7.82. The number of aromatic amines is 1. The number of nitrogens with one attached hydrogen (secondary N) is 2. The predicted octanol–water partition coefficient (Wildman–Crippen LogP) is 3.73. The van der Waals surface area contributed by atoms with Gasteiger partial charge in [0.1, 0.15) is 18.1 Å². The maximum Gasteiger partial charge on any atom is 0.138 e. The van der Waals surface area contributed by atoms with Gasteiger partial charge >= 0.3 is 0 Å². The van der Waals surface area contributed by atoms with Crippen molar-refractivity contribution in [3.8, 4) is 17.0 Å². The smallest absolute Gasteiger partial charge is 0.138 e. The second-order valence-electron chi connectivity index (χ2n) is 7.30. The average molecular weight is 405 g/mol. The van der Waals surface area contributed by atoms with Gasteiger partial charge in [-0.05, 0) is 62.6 Å². The summed E-state index contributed by atoms with van der Waals surface area (Å²) in [7, 11) is 0. The van der Waals surface area contributed by atoms with E-state index in [-0.39, 0.29) is 6.04 Å². The molecule has 0 bridgehead atoms. The molecule has 0 aliphatic heterocycles. The fraction of sp³-hybridized carbons (Fsp3) is 0.261. The summed E-state index contributed by atoms with van der Waals surface area (Å²) in [6, 6.07) is 5.28. The molecular weight excluding hydrogens is 376 g/mol. The van der Waals surface area contributed by atoms with Crippen LogP contribution in [0.5, 0.6) is 5.75 Å². The van der Waals surface area contributed by atoms with Crippen molar-refractivity contribution in [2.75, 3.05) is 12.3 Å². The number of allylic oxidation sites excluding steroid dienone is 1. The highest BCUT2D eigenvalue weighted by Crippen LogP contribution is 2.24. The summed E-state index contributed by atoms with van der Waals surface area (Å²) in [5.41, 5.74) is 18.5. The van der Waals surface area contributed by atoms with Gasteiger partial charge in [-0.25, -0.2) is 4.98 Å². The molecule has 0 saturated carbocycles. The van der Waals surface area contributed by atoms with Gasteiger partial charge in [0.2, 0.25) is 0 Å². The first kappa shape index (κ1) is 21.3. The molecule has 0 aromatic carbocycles. The Kier molecular flexibility index (Phi) is 6.64. The molecular formula is C23H28N6O. The minimum atomic E-state index is -0.150. The minimum Gasteiger partial charge on any atom is -0.490 e. The molecule has 7 heteroatoms. The van der Waals surface area contributed by atoms with E-state index in [1.807, 2.05) is 31.3 Å². The van der Waals surface area contributed by atoms with Crippen molar-refractivity contribution in [3.05, 3.63) is 65.4 Å². The lowest BCUT2D eigenvalue weighted by Gasteiger charge is -2.14. The van der Waals surface area contributed by atoms with E-state index >= 15 is 0 Å². The largest absolute Gasteiger partial charge is 0.490 e. The van der Waals surface area contributed by atoms with Crippen LogP contribution in [0.25, 0.3) is 17.3 Å². The predicted molar refractivity (Wildman–Crippen MR) is 122 cm³/mol. The minimum absolute atomic E-state index is 0.150. The van der Waals surface area contributed by atoms with Gasteiger partial charge in [0.15, 0.2) is 0 Å². The van der Waals surface area contributed by atoms with Gasteiger partial charge in [-0.3, -0.25) is 4.98 Å². The van der Waals surface area contributed by atoms with Crippen molar-refractivity contribution in [1.29, 1.82) is 5.41 Å². The Bertz CT molecular complexity index is 1070. The van der Waals surface area contributed by atoms with Crippen LogP contribution in [0, 0.1) is 12.3 Å². The zero-order valence-electron chi connectivity index (χ0n) is 17.6. The monoisotopic (exact) mass is 404 g/mol. The molecule has 1 unspecified atom stereocenters. The fourth-order valence-electron chi connectivity index (χ4n) is 3.22. The summed E-state index contributed by atoms with van der Waals surface area (Å²) in [6.07, 6.45) is 10.1. The third-order valence-corrected chi connectivity index (χ3v) is 4.86. The molecule has 156 valence electrons. The molecule has 30 heavy (non-hydrogen) atoms. The summed E-state index contributed by atoms with van der Waals surface area (Å²) < 4.78 is 5.89. The third-order valence-electron chi connectivity index (χ3n) is 4.86. The molecule has 0 aliphatic carbocycles. The Hall–Kier alpha value is -3.45. The topological polar surface area (TPSA) is 127 Å². The number of H-pyrrole nitrogens is 1. The number of nitrogens with two attached hydrogens (primary N) is 2. The molecule has 0 saturated heterocycles. The van der Waals surface area contributed by atoms with Crippen LogP contribution in [0.3, 0.4) is 0 Å². The lowest BCUT2D eigenvalue weighted by molar-refractivity contribution is 0.286. The second kappa shape index (κ2) is 9.37. The Balaban J connectivity index is 1.67. The number of hydrogen-bond acceptors (Lipinski definition) is 6. The number of anilines is 1. The first-order chi connectivity index (χ1) is 14.4. The molecule has 3 rings (SSSR count). The summed E-state index contributed by atoms with van der Waals surface area (Å²) in [5, 5.41) is 7.82. The zero-order chi connectivity index (χ0) is 21.7. The summed E-state index contributed by atoms with van der Waals surface area (Å²) in [5.74, 6) is 0.620. The SMILES string of the molecule is C/C=C\c1[nH]cc(CC(N)COc2cncc(-c3ccc(N)c(C(C)=N)n3)c2)c1C. The summed E-state index contributed by atoms with van der Waals surface area (Å²) in [4.78, 5) is 12.0. The van der Waals surface area contributed by atoms with E-state index in [0.29, 0.717) is 41.6 Å². The first-order valence-corrected chi connectivity index (χ1v) is 9.84. The van der Waals surface area contributed by atoms with E-state index < -0.39 is 0 Å². The van der Waals surface area contributed by atoms with E-state index in [0.717, 1.165) is 11.3 Å². The van der Waals surface area contributed by atoms with Crippen LogP contribution < -0.4 is 16.2 Å². The molecule has 0 aliphatic rings. The number of rotatable bonds is 8. The highest BCUT2D eigenvalue weighted by atomic mass is 16.5. The van der Waals surface area contributed by atoms with E-state index in [4.69, 9.17) is 21.6 Å². The molecule has 0 spiro atoms. The fourth-order valence-corrected chi connectivity index (χ4v) is 3.22. The van der Waals surface area contributed by atoms with Crippen molar-refractivity contribution in [3.63, 3.8) is 0 Å². The molecule has 6 N–H and O–H groups in total. The summed E-state index contributed by atoms with van der Waals surface area (Å²) >= 11 is 0. The first-order valence-electron chi connectivity index (χ1n) is 9.84.